The molecule has 4 saturated carbocycles. The monoisotopic (exact) mass is 1030 g/mol. The maximum absolute atomic E-state index is 14.3. The van der Waals surface area contributed by atoms with Crippen LogP contribution < -0.4 is 26.2 Å². The number of anilines is 3. The molecule has 75 heavy (non-hydrogen) atoms. The fourth-order valence-corrected chi connectivity index (χ4v) is 14.6. The fourth-order valence-electron chi connectivity index (χ4n) is 13.8. The Morgan fingerprint density at radius 1 is 0.880 bits per heavy atom. The number of piperidine rings is 1. The number of carbonyl (C=O) groups excluding carboxylic acids is 5. The molecule has 3 aromatic heterocycles. The maximum Gasteiger partial charge on any atom is 0.355 e. The van der Waals surface area contributed by atoms with Gasteiger partial charge in [-0.2, -0.15) is 5.10 Å². The summed E-state index contributed by atoms with van der Waals surface area (Å²) < 4.78 is 3.00. The van der Waals surface area contributed by atoms with Crippen LogP contribution in [0.25, 0.3) is 21.3 Å². The summed E-state index contributed by atoms with van der Waals surface area (Å²) in [5.74, 6) is -1.21. The topological polar surface area (TPSA) is 221 Å². The van der Waals surface area contributed by atoms with Gasteiger partial charge in [-0.3, -0.25) is 38.9 Å². The molecular weight excluding hydrogens is 969 g/mol. The third-order valence-electron chi connectivity index (χ3n) is 16.8. The normalized spacial score (nSPS) is 23.6. The number of nitrogens with zero attached hydrogens (tertiary/aromatic N) is 6. The minimum absolute atomic E-state index is 0.0653. The quantitative estimate of drug-likeness (QED) is 0.0484. The van der Waals surface area contributed by atoms with Crippen molar-refractivity contribution >= 4 is 73.7 Å². The summed E-state index contributed by atoms with van der Waals surface area (Å²) in [6.07, 6.45) is 10.4. The lowest BCUT2D eigenvalue weighted by molar-refractivity contribution is -0.159. The smallest absolute Gasteiger partial charge is 0.355 e. The van der Waals surface area contributed by atoms with Gasteiger partial charge < -0.3 is 26.0 Å². The van der Waals surface area contributed by atoms with Crippen molar-refractivity contribution in [3.63, 3.8) is 0 Å². The summed E-state index contributed by atoms with van der Waals surface area (Å²) in [5.41, 5.74) is 6.39. The van der Waals surface area contributed by atoms with E-state index in [-0.39, 0.29) is 34.1 Å². The number of thiazole rings is 1. The molecule has 1 saturated heterocycles. The van der Waals surface area contributed by atoms with Gasteiger partial charge in [-0.15, -0.1) is 0 Å². The fraction of sp³-hybridized carbons (Fsp3) is 0.386. The number of unbranched alkanes of at least 4 members (excludes halogenated alkanes) is 1. The molecule has 7 aliphatic rings. The van der Waals surface area contributed by atoms with Crippen molar-refractivity contribution in [1.29, 1.82) is 0 Å². The van der Waals surface area contributed by atoms with E-state index in [0.717, 1.165) is 70.5 Å². The van der Waals surface area contributed by atoms with E-state index in [4.69, 9.17) is 10.1 Å². The number of imide groups is 1. The van der Waals surface area contributed by atoms with E-state index in [2.05, 4.69) is 32.8 Å². The van der Waals surface area contributed by atoms with E-state index in [1.54, 1.807) is 24.4 Å². The van der Waals surface area contributed by atoms with Crippen molar-refractivity contribution in [1.82, 2.24) is 35.3 Å². The second-order valence-corrected chi connectivity index (χ2v) is 22.7. The number of hydrogen-bond acceptors (Lipinski definition) is 12. The molecule has 4 aliphatic carbocycles. The molecule has 3 aromatic carbocycles. The molecule has 0 spiro atoms. The van der Waals surface area contributed by atoms with Crippen molar-refractivity contribution in [3.05, 3.63) is 130 Å². The van der Waals surface area contributed by atoms with Crippen LogP contribution in [0.1, 0.15) is 123 Å². The molecule has 3 unspecified atom stereocenters. The van der Waals surface area contributed by atoms with Crippen LogP contribution in [-0.2, 0) is 29.1 Å². The third-order valence-corrected chi connectivity index (χ3v) is 17.7. The van der Waals surface area contributed by atoms with E-state index < -0.39 is 35.1 Å². The third kappa shape index (κ3) is 8.71. The Bertz CT molecular complexity index is 3350. The Balaban J connectivity index is 0.681. The highest BCUT2D eigenvalue weighted by Crippen LogP contribution is 2.66. The number of amides is 5. The zero-order chi connectivity index (χ0) is 51.8. The van der Waals surface area contributed by atoms with E-state index in [1.165, 1.54) is 11.3 Å². The standard InChI is InChI=1S/C57H58N10O7S/c1-32-15-17-44(50(69)61-32)67-51(70)39-11-8-13-43(47(39)52(67)71)58-20-5-6-21-59-54(74)57-26-34-23-35(27-57)25-56(24-34,30-57)31-66-33(2)40(28-60-66)37-16-18-46(63-48(37)53(72)73)65-22-19-36-9-7-10-38(41(36)29-65)49(68)64-55-62-42-12-3-4-14-45(42)75-55/h3-4,7-14,16,18,28,34-35,44,58H,1,5-6,15,17,19-27,29-31H2,2H3,(H,59,74)(H,61,69)(H,72,73)(H,62,64,68). The predicted molar refractivity (Wildman–Crippen MR) is 283 cm³/mol. The predicted octanol–water partition coefficient (Wildman–Crippen LogP) is 8.36. The van der Waals surface area contributed by atoms with Crippen LogP contribution in [0.3, 0.4) is 0 Å². The van der Waals surface area contributed by atoms with E-state index in [9.17, 15) is 33.9 Å². The van der Waals surface area contributed by atoms with Gasteiger partial charge in [0.25, 0.3) is 17.7 Å². The highest BCUT2D eigenvalue weighted by Gasteiger charge is 2.60. The number of pyridine rings is 1. The first-order valence-electron chi connectivity index (χ1n) is 26.1. The zero-order valence-electron chi connectivity index (χ0n) is 41.7. The van der Waals surface area contributed by atoms with Crippen molar-refractivity contribution in [3.8, 4) is 11.1 Å². The molecule has 5 fully saturated rings. The van der Waals surface area contributed by atoms with Gasteiger partial charge in [-0.25, -0.2) is 14.8 Å². The molecule has 5 N–H and O–H groups in total. The van der Waals surface area contributed by atoms with Gasteiger partial charge in [0.2, 0.25) is 11.8 Å². The number of para-hydroxylation sites is 1. The van der Waals surface area contributed by atoms with Crippen LogP contribution in [0.5, 0.6) is 0 Å². The van der Waals surface area contributed by atoms with Crippen LogP contribution >= 0.6 is 11.3 Å². The summed E-state index contributed by atoms with van der Waals surface area (Å²) >= 11 is 1.42. The highest BCUT2D eigenvalue weighted by atomic mass is 32.1. The number of allylic oxidation sites excluding steroid dienone is 1. The number of aromatic carboxylic acids is 1. The van der Waals surface area contributed by atoms with Gasteiger partial charge in [-0.1, -0.05) is 48.2 Å². The average molecular weight is 1030 g/mol. The molecule has 5 amide bonds. The molecule has 384 valence electrons. The minimum atomic E-state index is -1.14. The van der Waals surface area contributed by atoms with Crippen LogP contribution in [0.2, 0.25) is 0 Å². The number of carboxylic acids is 1. The molecule has 4 bridgehead atoms. The van der Waals surface area contributed by atoms with E-state index in [0.29, 0.717) is 116 Å². The Morgan fingerprint density at radius 3 is 2.48 bits per heavy atom. The summed E-state index contributed by atoms with van der Waals surface area (Å²) in [5, 5.41) is 28.3. The lowest BCUT2D eigenvalue weighted by atomic mass is 9.44. The first-order valence-corrected chi connectivity index (χ1v) is 26.9. The SMILES string of the molecule is C=C1CCC(N2C(=O)c3cccc(NCCCCNC(=O)C45CC6CC(CC(Cn7ncc(-c8ccc(N9CCc%10cccc(C(=O)Nc%11nc%12ccccc%12s%11)c%10C9)nc8C(=O)O)c7C)(C6)C4)C5)c3C2=O)C(=O)N1. The van der Waals surface area contributed by atoms with Crippen molar-refractivity contribution in [2.75, 3.05) is 35.2 Å². The number of rotatable bonds is 15. The van der Waals surface area contributed by atoms with E-state index >= 15 is 0 Å². The van der Waals surface area contributed by atoms with Crippen LogP contribution in [0.15, 0.2) is 91.3 Å². The summed E-state index contributed by atoms with van der Waals surface area (Å²) in [7, 11) is 0. The van der Waals surface area contributed by atoms with Crippen LogP contribution in [-0.4, -0.2) is 90.9 Å². The van der Waals surface area contributed by atoms with Crippen LogP contribution in [0, 0.1) is 29.6 Å². The molecule has 13 rings (SSSR count). The first-order chi connectivity index (χ1) is 36.2. The number of fused-ring (bicyclic) bond motifs is 3. The Hall–Kier alpha value is -7.73. The molecule has 0 radical (unpaired) electrons. The van der Waals surface area contributed by atoms with Crippen LogP contribution in [0.4, 0.5) is 16.6 Å². The van der Waals surface area contributed by atoms with Gasteiger partial charge in [0, 0.05) is 66.5 Å². The minimum Gasteiger partial charge on any atom is -0.476 e. The molecule has 3 aliphatic heterocycles. The number of benzene rings is 3. The summed E-state index contributed by atoms with van der Waals surface area (Å²) in [6.45, 7) is 8.45. The molecule has 3 atom stereocenters. The first kappa shape index (κ1) is 48.2. The van der Waals surface area contributed by atoms with Gasteiger partial charge in [0.1, 0.15) is 11.9 Å². The Morgan fingerprint density at radius 2 is 1.68 bits per heavy atom. The van der Waals surface area contributed by atoms with Gasteiger partial charge in [0.05, 0.1) is 33.0 Å². The van der Waals surface area contributed by atoms with Crippen molar-refractivity contribution in [2.24, 2.45) is 22.7 Å². The molecule has 6 heterocycles. The number of carbonyl (C=O) groups is 6. The number of hydrogen-bond donors (Lipinski definition) is 5. The number of aromatic nitrogens is 4. The van der Waals surface area contributed by atoms with Gasteiger partial charge >= 0.3 is 5.97 Å². The zero-order valence-corrected chi connectivity index (χ0v) is 42.6. The van der Waals surface area contributed by atoms with Crippen molar-refractivity contribution in [2.45, 2.75) is 96.7 Å². The Labute approximate surface area is 437 Å². The Kier molecular flexibility index (Phi) is 12.1. The summed E-state index contributed by atoms with van der Waals surface area (Å²) in [6, 6.07) is 21.4. The lowest BCUT2D eigenvalue weighted by Gasteiger charge is -2.61. The molecular formula is C57H58N10O7S. The van der Waals surface area contributed by atoms with Crippen molar-refractivity contribution < 1.29 is 33.9 Å². The lowest BCUT2D eigenvalue weighted by Crippen LogP contribution is -2.58. The van der Waals surface area contributed by atoms with Gasteiger partial charge in [0.15, 0.2) is 10.8 Å². The summed E-state index contributed by atoms with van der Waals surface area (Å²) in [4.78, 5) is 93.1. The number of carboxylic acid groups (broad SMARTS) is 1. The highest BCUT2D eigenvalue weighted by molar-refractivity contribution is 7.22. The second-order valence-electron chi connectivity index (χ2n) is 21.7. The molecule has 6 aromatic rings. The van der Waals surface area contributed by atoms with Gasteiger partial charge in [-0.05, 0) is 148 Å². The average Bonchev–Trinajstić information content (AvgIpc) is 4.05. The maximum atomic E-state index is 14.3. The van der Waals surface area contributed by atoms with E-state index in [1.807, 2.05) is 71.1 Å². The largest absolute Gasteiger partial charge is 0.476 e. The second kappa shape index (κ2) is 18.9. The number of nitrogens with one attached hydrogen (secondary N) is 4. The molecule has 17 nitrogen and oxygen atoms in total. The molecule has 18 heteroatoms.